The van der Waals surface area contributed by atoms with Gasteiger partial charge >= 0.3 is 0 Å². The Bertz CT molecular complexity index is 585. The van der Waals surface area contributed by atoms with E-state index >= 15 is 0 Å². The van der Waals surface area contributed by atoms with Crippen molar-refractivity contribution in [1.82, 2.24) is 0 Å². The van der Waals surface area contributed by atoms with E-state index < -0.39 is 8.07 Å². The fraction of sp³-hybridized carbons (Fsp3) is 0.455. The maximum absolute atomic E-state index is 5.96. The van der Waals surface area contributed by atoms with E-state index in [4.69, 9.17) is 4.74 Å². The van der Waals surface area contributed by atoms with Crippen LogP contribution in [0.3, 0.4) is 0 Å². The fourth-order valence-electron chi connectivity index (χ4n) is 4.13. The molecule has 128 valence electrons. The lowest BCUT2D eigenvalue weighted by atomic mass is 9.99. The minimum absolute atomic E-state index is 0.470. The first-order valence-corrected chi connectivity index (χ1v) is 11.9. The summed E-state index contributed by atoms with van der Waals surface area (Å²) >= 11 is 0. The zero-order valence-corrected chi connectivity index (χ0v) is 16.2. The van der Waals surface area contributed by atoms with Crippen molar-refractivity contribution >= 4 is 18.4 Å². The van der Waals surface area contributed by atoms with E-state index in [1.807, 2.05) is 0 Å². The minimum atomic E-state index is -1.75. The Kier molecular flexibility index (Phi) is 5.57. The molecule has 0 bridgehead atoms. The first-order chi connectivity index (χ1) is 11.6. The van der Waals surface area contributed by atoms with E-state index in [-0.39, 0.29) is 0 Å². The van der Waals surface area contributed by atoms with Gasteiger partial charge < -0.3 is 4.74 Å². The Labute approximate surface area is 148 Å². The predicted molar refractivity (Wildman–Crippen MR) is 106 cm³/mol. The van der Waals surface area contributed by atoms with Gasteiger partial charge in [0.25, 0.3) is 0 Å². The van der Waals surface area contributed by atoms with Gasteiger partial charge in [0.05, 0.1) is 6.10 Å². The van der Waals surface area contributed by atoms with Crippen molar-refractivity contribution in [2.24, 2.45) is 5.92 Å². The molecule has 0 aliphatic carbocycles. The van der Waals surface area contributed by atoms with E-state index in [1.54, 1.807) is 10.4 Å². The molecule has 1 heterocycles. The molecule has 1 unspecified atom stereocenters. The van der Waals surface area contributed by atoms with Crippen molar-refractivity contribution in [3.8, 4) is 0 Å². The number of hydrogen-bond acceptors (Lipinski definition) is 1. The molecule has 24 heavy (non-hydrogen) atoms. The highest BCUT2D eigenvalue weighted by molar-refractivity contribution is 7.02. The van der Waals surface area contributed by atoms with Gasteiger partial charge in [0, 0.05) is 6.61 Å². The number of hydrogen-bond donors (Lipinski definition) is 0. The molecule has 2 aromatic carbocycles. The summed E-state index contributed by atoms with van der Waals surface area (Å²) < 4.78 is 5.96. The topological polar surface area (TPSA) is 9.23 Å². The van der Waals surface area contributed by atoms with Crippen molar-refractivity contribution < 1.29 is 4.74 Å². The van der Waals surface area contributed by atoms with Crippen molar-refractivity contribution in [3.05, 3.63) is 60.7 Å². The highest BCUT2D eigenvalue weighted by Gasteiger charge is 2.38. The summed E-state index contributed by atoms with van der Waals surface area (Å²) in [7, 11) is -1.75. The molecule has 0 spiro atoms. The average Bonchev–Trinajstić information content (AvgIpc) is 3.05. The summed E-state index contributed by atoms with van der Waals surface area (Å²) in [6.45, 7) is 8.30. The summed E-state index contributed by atoms with van der Waals surface area (Å²) in [6.07, 6.45) is 4.15. The van der Waals surface area contributed by atoms with Crippen molar-refractivity contribution in [2.75, 3.05) is 6.61 Å². The SMILES string of the molecule is CC(CC[C@@H]1OCC[C@@H]1C)[Si](C)(c1ccccc1)c1ccccc1. The van der Waals surface area contributed by atoms with Crippen LogP contribution in [0.2, 0.25) is 12.1 Å². The van der Waals surface area contributed by atoms with E-state index in [9.17, 15) is 0 Å². The van der Waals surface area contributed by atoms with Gasteiger partial charge in [0.2, 0.25) is 0 Å². The van der Waals surface area contributed by atoms with Crippen LogP contribution in [-0.2, 0) is 4.74 Å². The molecule has 0 N–H and O–H groups in total. The van der Waals surface area contributed by atoms with Crippen LogP contribution in [0.1, 0.15) is 33.1 Å². The van der Waals surface area contributed by atoms with Gasteiger partial charge in [-0.25, -0.2) is 0 Å². The predicted octanol–water partition coefficient (Wildman–Crippen LogP) is 4.47. The minimum Gasteiger partial charge on any atom is -0.378 e. The Balaban J connectivity index is 1.84. The zero-order chi connectivity index (χ0) is 17.0. The Morgan fingerprint density at radius 3 is 2.00 bits per heavy atom. The maximum atomic E-state index is 5.96. The molecule has 0 amide bonds. The quantitative estimate of drug-likeness (QED) is 0.706. The summed E-state index contributed by atoms with van der Waals surface area (Å²) in [6, 6.07) is 22.4. The fourth-order valence-corrected chi connectivity index (χ4v) is 8.12. The third-order valence-electron chi connectivity index (χ3n) is 6.16. The lowest BCUT2D eigenvalue weighted by Crippen LogP contribution is -2.58. The third kappa shape index (κ3) is 3.50. The molecule has 2 aromatic rings. The Morgan fingerprint density at radius 1 is 1.00 bits per heavy atom. The monoisotopic (exact) mass is 338 g/mol. The van der Waals surface area contributed by atoms with Gasteiger partial charge in [-0.3, -0.25) is 0 Å². The van der Waals surface area contributed by atoms with Crippen LogP contribution in [0.25, 0.3) is 0 Å². The zero-order valence-electron chi connectivity index (χ0n) is 15.2. The molecule has 0 radical (unpaired) electrons. The normalized spacial score (nSPS) is 22.5. The highest BCUT2D eigenvalue weighted by Crippen LogP contribution is 2.31. The summed E-state index contributed by atoms with van der Waals surface area (Å²) in [5.41, 5.74) is 0.693. The molecule has 1 aliphatic rings. The molecular formula is C22H30OSi. The highest BCUT2D eigenvalue weighted by atomic mass is 28.3. The third-order valence-corrected chi connectivity index (χ3v) is 11.5. The molecule has 1 saturated heterocycles. The first kappa shape index (κ1) is 17.4. The number of rotatable bonds is 6. The second kappa shape index (κ2) is 7.67. The average molecular weight is 339 g/mol. The molecule has 0 saturated carbocycles. The molecule has 1 aliphatic heterocycles. The molecule has 3 atom stereocenters. The van der Waals surface area contributed by atoms with Crippen LogP contribution in [0.15, 0.2) is 60.7 Å². The van der Waals surface area contributed by atoms with Gasteiger partial charge in [0.15, 0.2) is 0 Å². The molecule has 0 aromatic heterocycles. The lowest BCUT2D eigenvalue weighted by Gasteiger charge is -2.35. The van der Waals surface area contributed by atoms with Crippen molar-refractivity contribution in [3.63, 3.8) is 0 Å². The molecule has 2 heteroatoms. The van der Waals surface area contributed by atoms with Gasteiger partial charge in [-0.05, 0) is 24.3 Å². The second-order valence-corrected chi connectivity index (χ2v) is 12.1. The summed E-state index contributed by atoms with van der Waals surface area (Å²) in [4.78, 5) is 0. The van der Waals surface area contributed by atoms with Gasteiger partial charge in [-0.2, -0.15) is 0 Å². The van der Waals surface area contributed by atoms with Gasteiger partial charge in [-0.1, -0.05) is 97.9 Å². The van der Waals surface area contributed by atoms with Gasteiger partial charge in [-0.15, -0.1) is 0 Å². The Hall–Kier alpha value is -1.38. The maximum Gasteiger partial charge on any atom is 0.117 e. The largest absolute Gasteiger partial charge is 0.378 e. The second-order valence-electron chi connectivity index (χ2n) is 7.59. The first-order valence-electron chi connectivity index (χ1n) is 9.35. The van der Waals surface area contributed by atoms with Crippen molar-refractivity contribution in [2.45, 2.75) is 51.3 Å². The van der Waals surface area contributed by atoms with E-state index in [1.165, 1.54) is 19.3 Å². The standard InChI is InChI=1S/C22H30OSi/c1-18-16-17-23-22(18)15-14-19(2)24(3,20-10-6-4-7-11-20)21-12-8-5-9-13-21/h4-13,18-19,22H,14-17H2,1-3H3/t18-,19?,22-/m0/s1. The Morgan fingerprint density at radius 2 is 1.54 bits per heavy atom. The van der Waals surface area contributed by atoms with Crippen molar-refractivity contribution in [1.29, 1.82) is 0 Å². The van der Waals surface area contributed by atoms with Crippen LogP contribution >= 0.6 is 0 Å². The van der Waals surface area contributed by atoms with Crippen LogP contribution < -0.4 is 10.4 Å². The molecule has 1 fully saturated rings. The summed E-state index contributed by atoms with van der Waals surface area (Å²) in [5, 5.41) is 3.09. The lowest BCUT2D eigenvalue weighted by molar-refractivity contribution is 0.0851. The van der Waals surface area contributed by atoms with Crippen LogP contribution in [0, 0.1) is 5.92 Å². The summed E-state index contributed by atoms with van der Waals surface area (Å²) in [5.74, 6) is 0.721. The van der Waals surface area contributed by atoms with E-state index in [2.05, 4.69) is 81.1 Å². The molecule has 3 rings (SSSR count). The number of benzene rings is 2. The number of ether oxygens (including phenoxy) is 1. The molecular weight excluding hydrogens is 308 g/mol. The van der Waals surface area contributed by atoms with E-state index in [0.717, 1.165) is 12.5 Å². The smallest absolute Gasteiger partial charge is 0.117 e. The van der Waals surface area contributed by atoms with Crippen LogP contribution in [0.5, 0.6) is 0 Å². The van der Waals surface area contributed by atoms with Gasteiger partial charge in [0.1, 0.15) is 8.07 Å². The molecule has 1 nitrogen and oxygen atoms in total. The van der Waals surface area contributed by atoms with Crippen LogP contribution in [-0.4, -0.2) is 20.8 Å². The van der Waals surface area contributed by atoms with Crippen LogP contribution in [0.4, 0.5) is 0 Å². The van der Waals surface area contributed by atoms with E-state index in [0.29, 0.717) is 11.6 Å².